The Bertz CT molecular complexity index is 424. The SMILES string of the molecule is NCCc1nnc(NCCCn2ccnc2)o1. The second kappa shape index (κ2) is 6.00. The van der Waals surface area contributed by atoms with Crippen LogP contribution < -0.4 is 11.1 Å². The van der Waals surface area contributed by atoms with E-state index in [2.05, 4.69) is 20.5 Å². The summed E-state index contributed by atoms with van der Waals surface area (Å²) in [7, 11) is 0. The van der Waals surface area contributed by atoms with Crippen molar-refractivity contribution >= 4 is 6.01 Å². The molecular formula is C10H16N6O. The summed E-state index contributed by atoms with van der Waals surface area (Å²) in [5.74, 6) is 0.574. The van der Waals surface area contributed by atoms with Gasteiger partial charge in [0.1, 0.15) is 0 Å². The quantitative estimate of drug-likeness (QED) is 0.670. The molecule has 0 aliphatic rings. The smallest absolute Gasteiger partial charge is 0.315 e. The molecule has 0 aromatic carbocycles. The minimum Gasteiger partial charge on any atom is -0.408 e. The molecule has 0 bridgehead atoms. The number of nitrogens with one attached hydrogen (secondary N) is 1. The molecule has 0 aliphatic carbocycles. The molecule has 2 heterocycles. The lowest BCUT2D eigenvalue weighted by Gasteiger charge is -2.02. The van der Waals surface area contributed by atoms with Gasteiger partial charge in [-0.1, -0.05) is 5.10 Å². The first-order chi connectivity index (χ1) is 8.38. The van der Waals surface area contributed by atoms with Crippen LogP contribution >= 0.6 is 0 Å². The fourth-order valence-electron chi connectivity index (χ4n) is 1.43. The zero-order valence-corrected chi connectivity index (χ0v) is 9.54. The number of hydrogen-bond donors (Lipinski definition) is 2. The monoisotopic (exact) mass is 236 g/mol. The maximum absolute atomic E-state index is 5.39. The van der Waals surface area contributed by atoms with Gasteiger partial charge in [-0.05, 0) is 6.42 Å². The molecule has 2 aromatic heterocycles. The van der Waals surface area contributed by atoms with Crippen molar-refractivity contribution in [3.05, 3.63) is 24.6 Å². The van der Waals surface area contributed by atoms with Gasteiger partial charge in [0.05, 0.1) is 6.33 Å². The van der Waals surface area contributed by atoms with Gasteiger partial charge in [0.15, 0.2) is 0 Å². The lowest BCUT2D eigenvalue weighted by Crippen LogP contribution is -2.05. The predicted molar refractivity (Wildman–Crippen MR) is 62.4 cm³/mol. The third-order valence-corrected chi connectivity index (χ3v) is 2.25. The molecule has 3 N–H and O–H groups in total. The van der Waals surface area contributed by atoms with E-state index in [1.165, 1.54) is 0 Å². The first-order valence-electron chi connectivity index (χ1n) is 5.60. The highest BCUT2D eigenvalue weighted by molar-refractivity contribution is 5.16. The number of imidazole rings is 1. The molecule has 0 radical (unpaired) electrons. The molecule has 0 saturated heterocycles. The first-order valence-corrected chi connectivity index (χ1v) is 5.60. The number of anilines is 1. The van der Waals surface area contributed by atoms with E-state index in [1.807, 2.05) is 10.8 Å². The maximum atomic E-state index is 5.39. The van der Waals surface area contributed by atoms with E-state index in [1.54, 1.807) is 12.5 Å². The van der Waals surface area contributed by atoms with Crippen LogP contribution in [0.4, 0.5) is 6.01 Å². The minimum absolute atomic E-state index is 0.457. The summed E-state index contributed by atoms with van der Waals surface area (Å²) in [5.41, 5.74) is 5.39. The Morgan fingerprint density at radius 3 is 3.12 bits per heavy atom. The molecule has 2 rings (SSSR count). The van der Waals surface area contributed by atoms with Crippen LogP contribution in [0.15, 0.2) is 23.1 Å². The van der Waals surface area contributed by atoms with Gasteiger partial charge in [-0.2, -0.15) is 0 Å². The van der Waals surface area contributed by atoms with E-state index < -0.39 is 0 Å². The summed E-state index contributed by atoms with van der Waals surface area (Å²) in [6.07, 6.45) is 7.08. The topological polar surface area (TPSA) is 94.8 Å². The average molecular weight is 236 g/mol. The summed E-state index contributed by atoms with van der Waals surface area (Å²) in [5, 5.41) is 10.8. The summed E-state index contributed by atoms with van der Waals surface area (Å²) >= 11 is 0. The van der Waals surface area contributed by atoms with E-state index in [-0.39, 0.29) is 0 Å². The van der Waals surface area contributed by atoms with E-state index in [9.17, 15) is 0 Å². The van der Waals surface area contributed by atoms with Gasteiger partial charge in [-0.25, -0.2) is 4.98 Å². The summed E-state index contributed by atoms with van der Waals surface area (Å²) < 4.78 is 7.35. The van der Waals surface area contributed by atoms with Crippen molar-refractivity contribution in [1.29, 1.82) is 0 Å². The fourth-order valence-corrected chi connectivity index (χ4v) is 1.43. The van der Waals surface area contributed by atoms with Crippen LogP contribution in [0.25, 0.3) is 0 Å². The molecule has 2 aromatic rings. The molecule has 0 amide bonds. The summed E-state index contributed by atoms with van der Waals surface area (Å²) in [4.78, 5) is 3.97. The van der Waals surface area contributed by atoms with Crippen molar-refractivity contribution in [1.82, 2.24) is 19.7 Å². The number of nitrogens with two attached hydrogens (primary N) is 1. The Hall–Kier alpha value is -1.89. The molecule has 17 heavy (non-hydrogen) atoms. The van der Waals surface area contributed by atoms with E-state index in [0.717, 1.165) is 19.5 Å². The normalized spacial score (nSPS) is 10.6. The van der Waals surface area contributed by atoms with Crippen LogP contribution in [-0.2, 0) is 13.0 Å². The second-order valence-corrected chi connectivity index (χ2v) is 3.62. The number of aromatic nitrogens is 4. The Labute approximate surface area is 99.0 Å². The highest BCUT2D eigenvalue weighted by atomic mass is 16.4. The van der Waals surface area contributed by atoms with Gasteiger partial charge in [-0.15, -0.1) is 5.10 Å². The van der Waals surface area contributed by atoms with Crippen LogP contribution in [0.2, 0.25) is 0 Å². The molecule has 0 fully saturated rings. The van der Waals surface area contributed by atoms with Crippen LogP contribution in [0.5, 0.6) is 0 Å². The number of aryl methyl sites for hydroxylation is 1. The maximum Gasteiger partial charge on any atom is 0.315 e. The van der Waals surface area contributed by atoms with Crippen LogP contribution in [0.1, 0.15) is 12.3 Å². The van der Waals surface area contributed by atoms with Gasteiger partial charge < -0.3 is 20.0 Å². The van der Waals surface area contributed by atoms with Gasteiger partial charge in [0.25, 0.3) is 0 Å². The van der Waals surface area contributed by atoms with Crippen LogP contribution in [0, 0.1) is 0 Å². The number of nitrogens with zero attached hydrogens (tertiary/aromatic N) is 4. The molecule has 0 aliphatic heterocycles. The van der Waals surface area contributed by atoms with Gasteiger partial charge in [0, 0.05) is 38.4 Å². The predicted octanol–water partition coefficient (Wildman–Crippen LogP) is 0.269. The summed E-state index contributed by atoms with van der Waals surface area (Å²) in [6.45, 7) is 2.21. The lowest BCUT2D eigenvalue weighted by molar-refractivity contribution is 0.504. The molecule has 0 atom stereocenters. The lowest BCUT2D eigenvalue weighted by atomic mass is 10.4. The zero-order chi connectivity index (χ0) is 11.9. The highest BCUT2D eigenvalue weighted by Gasteiger charge is 2.03. The van der Waals surface area contributed by atoms with Crippen molar-refractivity contribution in [2.75, 3.05) is 18.4 Å². The standard InChI is InChI=1S/C10H16N6O/c11-3-2-9-14-15-10(17-9)13-4-1-6-16-7-5-12-8-16/h5,7-8H,1-4,6,11H2,(H,13,15). The van der Waals surface area contributed by atoms with Gasteiger partial charge >= 0.3 is 6.01 Å². The average Bonchev–Trinajstić information content (AvgIpc) is 2.96. The molecule has 0 saturated carbocycles. The van der Waals surface area contributed by atoms with Crippen molar-refractivity contribution < 1.29 is 4.42 Å². The Kier molecular flexibility index (Phi) is 4.09. The minimum atomic E-state index is 0.457. The first kappa shape index (κ1) is 11.6. The Morgan fingerprint density at radius 2 is 2.35 bits per heavy atom. The molecular weight excluding hydrogens is 220 g/mol. The highest BCUT2D eigenvalue weighted by Crippen LogP contribution is 2.05. The largest absolute Gasteiger partial charge is 0.408 e. The molecule has 0 unspecified atom stereocenters. The van der Waals surface area contributed by atoms with Crippen LogP contribution in [-0.4, -0.2) is 32.8 Å². The van der Waals surface area contributed by atoms with Gasteiger partial charge in [0.2, 0.25) is 5.89 Å². The van der Waals surface area contributed by atoms with Crippen molar-refractivity contribution in [2.45, 2.75) is 19.4 Å². The third kappa shape index (κ3) is 3.56. The summed E-state index contributed by atoms with van der Waals surface area (Å²) in [6, 6.07) is 0.457. The van der Waals surface area contributed by atoms with E-state index >= 15 is 0 Å². The van der Waals surface area contributed by atoms with E-state index in [4.69, 9.17) is 10.2 Å². The fraction of sp³-hybridized carbons (Fsp3) is 0.500. The number of hydrogen-bond acceptors (Lipinski definition) is 6. The second-order valence-electron chi connectivity index (χ2n) is 3.62. The molecule has 7 heteroatoms. The van der Waals surface area contributed by atoms with Crippen LogP contribution in [0.3, 0.4) is 0 Å². The number of rotatable bonds is 7. The zero-order valence-electron chi connectivity index (χ0n) is 9.54. The molecule has 7 nitrogen and oxygen atoms in total. The van der Waals surface area contributed by atoms with Crippen molar-refractivity contribution in [2.24, 2.45) is 5.73 Å². The Balaban J connectivity index is 1.67. The van der Waals surface area contributed by atoms with Crippen molar-refractivity contribution in [3.8, 4) is 0 Å². The van der Waals surface area contributed by atoms with Crippen molar-refractivity contribution in [3.63, 3.8) is 0 Å². The molecule has 92 valence electrons. The Morgan fingerprint density at radius 1 is 1.41 bits per heavy atom. The van der Waals surface area contributed by atoms with Gasteiger partial charge in [-0.3, -0.25) is 0 Å². The van der Waals surface area contributed by atoms with E-state index in [0.29, 0.717) is 24.9 Å². The third-order valence-electron chi connectivity index (χ3n) is 2.25. The molecule has 0 spiro atoms.